The Morgan fingerprint density at radius 1 is 1.10 bits per heavy atom. The second kappa shape index (κ2) is 5.70. The molecule has 2 nitrogen and oxygen atoms in total. The Morgan fingerprint density at radius 3 is 2.62 bits per heavy atom. The molecule has 1 aliphatic rings. The molecule has 21 heavy (non-hydrogen) atoms. The molecule has 110 valence electrons. The molecule has 0 aliphatic carbocycles. The molecule has 1 aliphatic heterocycles. The maximum atomic E-state index is 6.09. The van der Waals surface area contributed by atoms with Crippen molar-refractivity contribution < 1.29 is 4.74 Å². The average Bonchev–Trinajstić information content (AvgIpc) is 2.76. The first-order valence-electron chi connectivity index (χ1n) is 7.28. The summed E-state index contributed by atoms with van der Waals surface area (Å²) in [7, 11) is 0. The van der Waals surface area contributed by atoms with Crippen LogP contribution >= 0.6 is 11.6 Å². The zero-order valence-corrected chi connectivity index (χ0v) is 13.2. The van der Waals surface area contributed by atoms with E-state index in [1.807, 2.05) is 24.3 Å². The third-order valence-electron chi connectivity index (χ3n) is 3.73. The van der Waals surface area contributed by atoms with Crippen LogP contribution in [0.3, 0.4) is 0 Å². The molecule has 0 bridgehead atoms. The molecule has 0 radical (unpaired) electrons. The Hall–Kier alpha value is -1.51. The van der Waals surface area contributed by atoms with Gasteiger partial charge in [-0.25, -0.2) is 0 Å². The number of hydrogen-bond donors (Lipinski definition) is 1. The van der Waals surface area contributed by atoms with E-state index in [0.717, 1.165) is 30.3 Å². The van der Waals surface area contributed by atoms with E-state index in [9.17, 15) is 0 Å². The minimum absolute atomic E-state index is 0.0887. The van der Waals surface area contributed by atoms with Gasteiger partial charge < -0.3 is 10.1 Å². The first kappa shape index (κ1) is 14.4. The molecule has 3 rings (SSSR count). The van der Waals surface area contributed by atoms with Gasteiger partial charge in [0.25, 0.3) is 0 Å². The molecule has 1 heterocycles. The van der Waals surface area contributed by atoms with Gasteiger partial charge in [-0.1, -0.05) is 41.9 Å². The Kier molecular flexibility index (Phi) is 3.92. The maximum Gasteiger partial charge on any atom is 0.127 e. The molecule has 3 heteroatoms. The zero-order chi connectivity index (χ0) is 14.9. The van der Waals surface area contributed by atoms with Crippen molar-refractivity contribution in [1.82, 2.24) is 5.32 Å². The zero-order valence-electron chi connectivity index (χ0n) is 12.4. The van der Waals surface area contributed by atoms with Crippen molar-refractivity contribution in [3.63, 3.8) is 0 Å². The van der Waals surface area contributed by atoms with Crippen molar-refractivity contribution in [3.05, 3.63) is 64.2 Å². The van der Waals surface area contributed by atoms with Gasteiger partial charge in [-0.15, -0.1) is 0 Å². The van der Waals surface area contributed by atoms with Gasteiger partial charge in [0.15, 0.2) is 0 Å². The van der Waals surface area contributed by atoms with E-state index in [4.69, 9.17) is 16.3 Å². The highest BCUT2D eigenvalue weighted by molar-refractivity contribution is 6.30. The van der Waals surface area contributed by atoms with Crippen molar-refractivity contribution >= 4 is 11.6 Å². The topological polar surface area (TPSA) is 21.3 Å². The van der Waals surface area contributed by atoms with Crippen molar-refractivity contribution in [3.8, 4) is 5.75 Å². The largest absolute Gasteiger partial charge is 0.487 e. The van der Waals surface area contributed by atoms with Gasteiger partial charge in [0.2, 0.25) is 0 Å². The lowest BCUT2D eigenvalue weighted by molar-refractivity contribution is 0.137. The first-order chi connectivity index (χ1) is 10.0. The van der Waals surface area contributed by atoms with Crippen LogP contribution in [0.5, 0.6) is 5.75 Å². The molecular weight excluding hydrogens is 282 g/mol. The minimum Gasteiger partial charge on any atom is -0.487 e. The fourth-order valence-electron chi connectivity index (χ4n) is 2.76. The van der Waals surface area contributed by atoms with Crippen LogP contribution in [0.2, 0.25) is 5.02 Å². The summed E-state index contributed by atoms with van der Waals surface area (Å²) in [5.74, 6) is 1.06. The summed E-state index contributed by atoms with van der Waals surface area (Å²) in [4.78, 5) is 0. The van der Waals surface area contributed by atoms with Crippen molar-refractivity contribution in [1.29, 1.82) is 0 Å². The number of ether oxygens (including phenoxy) is 1. The molecule has 1 N–H and O–H groups in total. The highest BCUT2D eigenvalue weighted by atomic mass is 35.5. The van der Waals surface area contributed by atoms with E-state index in [1.54, 1.807) is 0 Å². The Morgan fingerprint density at radius 2 is 1.86 bits per heavy atom. The molecular formula is C18H20ClNO. The molecule has 2 aromatic carbocycles. The smallest absolute Gasteiger partial charge is 0.127 e. The monoisotopic (exact) mass is 301 g/mol. The number of para-hydroxylation sites is 1. The highest BCUT2D eigenvalue weighted by Crippen LogP contribution is 2.37. The van der Waals surface area contributed by atoms with Gasteiger partial charge in [-0.3, -0.25) is 0 Å². The fourth-order valence-corrected chi connectivity index (χ4v) is 2.89. The summed E-state index contributed by atoms with van der Waals surface area (Å²) < 4.78 is 6.09. The maximum absolute atomic E-state index is 6.09. The van der Waals surface area contributed by atoms with Gasteiger partial charge in [0, 0.05) is 30.1 Å². The number of benzene rings is 2. The van der Waals surface area contributed by atoms with Crippen LogP contribution in [0.15, 0.2) is 42.5 Å². The third-order valence-corrected chi connectivity index (χ3v) is 3.98. The van der Waals surface area contributed by atoms with Gasteiger partial charge in [0.1, 0.15) is 11.4 Å². The van der Waals surface area contributed by atoms with Crippen molar-refractivity contribution in [2.45, 2.75) is 39.0 Å². The summed E-state index contributed by atoms with van der Waals surface area (Å²) >= 11 is 5.90. The number of halogens is 1. The number of nitrogens with one attached hydrogen (secondary N) is 1. The highest BCUT2D eigenvalue weighted by Gasteiger charge is 2.31. The summed E-state index contributed by atoms with van der Waals surface area (Å²) in [6.07, 6.45) is 0.980. The van der Waals surface area contributed by atoms with Crippen LogP contribution in [-0.4, -0.2) is 5.60 Å². The van der Waals surface area contributed by atoms with Crippen LogP contribution in [0.1, 0.15) is 30.5 Å². The van der Waals surface area contributed by atoms with Crippen LogP contribution < -0.4 is 10.1 Å². The molecule has 0 atom stereocenters. The molecule has 0 unspecified atom stereocenters. The first-order valence-corrected chi connectivity index (χ1v) is 7.66. The summed E-state index contributed by atoms with van der Waals surface area (Å²) in [6, 6.07) is 14.3. The van der Waals surface area contributed by atoms with E-state index < -0.39 is 0 Å². The molecule has 0 amide bonds. The molecule has 0 saturated heterocycles. The quantitative estimate of drug-likeness (QED) is 0.907. The molecule has 0 saturated carbocycles. The van der Waals surface area contributed by atoms with E-state index in [2.05, 4.69) is 37.4 Å². The third kappa shape index (κ3) is 3.39. The average molecular weight is 302 g/mol. The van der Waals surface area contributed by atoms with E-state index in [0.29, 0.717) is 0 Å². The fraction of sp³-hybridized carbons (Fsp3) is 0.333. The predicted octanol–water partition coefficient (Wildman–Crippen LogP) is 4.34. The Balaban J connectivity index is 1.64. The predicted molar refractivity (Wildman–Crippen MR) is 86.8 cm³/mol. The van der Waals surface area contributed by atoms with Crippen molar-refractivity contribution in [2.75, 3.05) is 0 Å². The second-order valence-corrected chi connectivity index (χ2v) is 6.61. The van der Waals surface area contributed by atoms with Crippen LogP contribution in [0.25, 0.3) is 0 Å². The number of fused-ring (bicyclic) bond motifs is 1. The normalized spacial score (nSPS) is 15.6. The van der Waals surface area contributed by atoms with Crippen LogP contribution in [0.4, 0.5) is 0 Å². The summed E-state index contributed by atoms with van der Waals surface area (Å²) in [6.45, 7) is 5.90. The molecule has 0 fully saturated rings. The van der Waals surface area contributed by atoms with E-state index in [1.165, 1.54) is 16.7 Å². The van der Waals surface area contributed by atoms with Crippen LogP contribution in [0, 0.1) is 0 Å². The van der Waals surface area contributed by atoms with E-state index >= 15 is 0 Å². The molecule has 0 spiro atoms. The standard InChI is InChI=1S/C18H20ClNO/c1-18(2)10-14-4-3-5-15(17(14)21-18)12-20-11-13-6-8-16(19)9-7-13/h3-9,20H,10-12H2,1-2H3. The summed E-state index contributed by atoms with van der Waals surface area (Å²) in [5, 5.41) is 4.24. The van der Waals surface area contributed by atoms with Gasteiger partial charge in [-0.05, 0) is 37.1 Å². The minimum atomic E-state index is -0.0887. The Bertz CT molecular complexity index is 634. The van der Waals surface area contributed by atoms with E-state index in [-0.39, 0.29) is 5.60 Å². The molecule has 0 aromatic heterocycles. The van der Waals surface area contributed by atoms with Crippen molar-refractivity contribution in [2.24, 2.45) is 0 Å². The summed E-state index contributed by atoms with van der Waals surface area (Å²) in [5.41, 5.74) is 3.68. The lowest BCUT2D eigenvalue weighted by Gasteiger charge is -2.18. The number of rotatable bonds is 4. The van der Waals surface area contributed by atoms with Crippen LogP contribution in [-0.2, 0) is 19.5 Å². The SMILES string of the molecule is CC1(C)Cc2cccc(CNCc3ccc(Cl)cc3)c2O1. The van der Waals surface area contributed by atoms with Gasteiger partial charge in [0.05, 0.1) is 0 Å². The molecule has 2 aromatic rings. The van der Waals surface area contributed by atoms with Gasteiger partial charge >= 0.3 is 0 Å². The lowest BCUT2D eigenvalue weighted by atomic mass is 10.0. The van der Waals surface area contributed by atoms with Gasteiger partial charge in [-0.2, -0.15) is 0 Å². The number of hydrogen-bond acceptors (Lipinski definition) is 2. The Labute approximate surface area is 131 Å². The second-order valence-electron chi connectivity index (χ2n) is 6.17. The lowest BCUT2D eigenvalue weighted by Crippen LogP contribution is -2.25.